The third kappa shape index (κ3) is 6.26. The van der Waals surface area contributed by atoms with Crippen LogP contribution in [0, 0.1) is 0 Å². The molecule has 166 valence electrons. The molecule has 32 heavy (non-hydrogen) atoms. The van der Waals surface area contributed by atoms with Gasteiger partial charge in [0.05, 0.1) is 30.7 Å². The van der Waals surface area contributed by atoms with Crippen molar-refractivity contribution in [2.45, 2.75) is 0 Å². The van der Waals surface area contributed by atoms with Gasteiger partial charge in [0.2, 0.25) is 0 Å². The SMILES string of the molecule is C=CCOc1ccc(/C=N/NC(=O)C(=O)Nc2ccccc2C(=O)N2CCOCC2)cc1. The second kappa shape index (κ2) is 11.4. The van der Waals surface area contributed by atoms with Gasteiger partial charge in [-0.25, -0.2) is 5.43 Å². The quantitative estimate of drug-likeness (QED) is 0.298. The Morgan fingerprint density at radius 2 is 1.78 bits per heavy atom. The van der Waals surface area contributed by atoms with E-state index < -0.39 is 11.8 Å². The van der Waals surface area contributed by atoms with Crippen LogP contribution in [0.3, 0.4) is 0 Å². The van der Waals surface area contributed by atoms with Gasteiger partial charge < -0.3 is 19.7 Å². The highest BCUT2D eigenvalue weighted by Gasteiger charge is 2.22. The monoisotopic (exact) mass is 436 g/mol. The first-order valence-electron chi connectivity index (χ1n) is 10.0. The summed E-state index contributed by atoms with van der Waals surface area (Å²) < 4.78 is 10.7. The molecule has 2 aromatic rings. The molecule has 0 atom stereocenters. The fourth-order valence-corrected chi connectivity index (χ4v) is 2.92. The minimum atomic E-state index is -0.958. The molecule has 0 aromatic heterocycles. The molecule has 0 saturated carbocycles. The lowest BCUT2D eigenvalue weighted by atomic mass is 10.1. The zero-order chi connectivity index (χ0) is 22.8. The highest BCUT2D eigenvalue weighted by molar-refractivity contribution is 6.40. The van der Waals surface area contributed by atoms with Crippen LogP contribution >= 0.6 is 0 Å². The summed E-state index contributed by atoms with van der Waals surface area (Å²) in [5.74, 6) is -1.45. The molecular weight excluding hydrogens is 412 g/mol. The first-order valence-corrected chi connectivity index (χ1v) is 10.0. The lowest BCUT2D eigenvalue weighted by Crippen LogP contribution is -2.41. The first kappa shape index (κ1) is 22.7. The van der Waals surface area contributed by atoms with E-state index in [2.05, 4.69) is 22.4 Å². The van der Waals surface area contributed by atoms with Crippen LogP contribution in [0.2, 0.25) is 0 Å². The van der Waals surface area contributed by atoms with Crippen molar-refractivity contribution in [1.29, 1.82) is 0 Å². The number of nitrogens with zero attached hydrogens (tertiary/aromatic N) is 2. The molecule has 0 spiro atoms. The topological polar surface area (TPSA) is 109 Å². The number of hydrazone groups is 1. The summed E-state index contributed by atoms with van der Waals surface area (Å²) in [7, 11) is 0. The number of ether oxygens (including phenoxy) is 2. The van der Waals surface area contributed by atoms with Gasteiger partial charge in [0.1, 0.15) is 12.4 Å². The third-order valence-electron chi connectivity index (χ3n) is 4.54. The Bertz CT molecular complexity index is 998. The zero-order valence-electron chi connectivity index (χ0n) is 17.5. The lowest BCUT2D eigenvalue weighted by molar-refractivity contribution is -0.136. The molecule has 1 fully saturated rings. The smallest absolute Gasteiger partial charge is 0.329 e. The molecule has 1 heterocycles. The number of hydrogen-bond donors (Lipinski definition) is 2. The van der Waals surface area contributed by atoms with Gasteiger partial charge in [-0.05, 0) is 42.0 Å². The standard InChI is InChI=1S/C23H24N4O5/c1-2-13-32-18-9-7-17(8-10-18)16-24-26-22(29)21(28)25-20-6-4-3-5-19(20)23(30)27-11-14-31-15-12-27/h2-10,16H,1,11-15H2,(H,25,28)(H,26,29)/b24-16+. The highest BCUT2D eigenvalue weighted by atomic mass is 16.5. The van der Waals surface area contributed by atoms with E-state index >= 15 is 0 Å². The van der Waals surface area contributed by atoms with Crippen molar-refractivity contribution >= 4 is 29.6 Å². The average molecular weight is 436 g/mol. The number of morpholine rings is 1. The van der Waals surface area contributed by atoms with Crippen molar-refractivity contribution in [2.75, 3.05) is 38.2 Å². The molecule has 9 heteroatoms. The van der Waals surface area contributed by atoms with Crippen molar-refractivity contribution in [2.24, 2.45) is 5.10 Å². The van der Waals surface area contributed by atoms with Gasteiger partial charge in [-0.1, -0.05) is 24.8 Å². The summed E-state index contributed by atoms with van der Waals surface area (Å²) in [5.41, 5.74) is 3.44. The normalized spacial score (nSPS) is 13.4. The zero-order valence-corrected chi connectivity index (χ0v) is 17.5. The van der Waals surface area contributed by atoms with E-state index in [-0.39, 0.29) is 11.6 Å². The summed E-state index contributed by atoms with van der Waals surface area (Å²) >= 11 is 0. The van der Waals surface area contributed by atoms with Crippen molar-refractivity contribution < 1.29 is 23.9 Å². The number of nitrogens with one attached hydrogen (secondary N) is 2. The van der Waals surface area contributed by atoms with Gasteiger partial charge in [0, 0.05) is 13.1 Å². The Labute approximate surface area is 185 Å². The number of carbonyl (C=O) groups is 3. The van der Waals surface area contributed by atoms with Gasteiger partial charge in [-0.15, -0.1) is 0 Å². The number of amides is 3. The number of carbonyl (C=O) groups excluding carboxylic acids is 3. The van der Waals surface area contributed by atoms with Gasteiger partial charge in [0.25, 0.3) is 5.91 Å². The molecule has 0 bridgehead atoms. The number of hydrogen-bond acceptors (Lipinski definition) is 6. The molecule has 2 aromatic carbocycles. The predicted molar refractivity (Wildman–Crippen MR) is 120 cm³/mol. The van der Waals surface area contributed by atoms with E-state index in [0.717, 1.165) is 0 Å². The van der Waals surface area contributed by atoms with Gasteiger partial charge >= 0.3 is 11.8 Å². The maximum Gasteiger partial charge on any atom is 0.329 e. The number of anilines is 1. The van der Waals surface area contributed by atoms with Crippen LogP contribution in [-0.4, -0.2) is 61.7 Å². The van der Waals surface area contributed by atoms with Crippen LogP contribution < -0.4 is 15.5 Å². The van der Waals surface area contributed by atoms with Gasteiger partial charge in [-0.3, -0.25) is 14.4 Å². The molecule has 3 amide bonds. The molecule has 1 aliphatic rings. The second-order valence-electron chi connectivity index (χ2n) is 6.77. The van der Waals surface area contributed by atoms with Crippen LogP contribution in [0.25, 0.3) is 0 Å². The Hall–Kier alpha value is -3.98. The van der Waals surface area contributed by atoms with Crippen LogP contribution in [0.1, 0.15) is 15.9 Å². The Balaban J connectivity index is 1.56. The van der Waals surface area contributed by atoms with E-state index in [1.807, 2.05) is 0 Å². The summed E-state index contributed by atoms with van der Waals surface area (Å²) in [5, 5.41) is 6.27. The maximum atomic E-state index is 12.8. The molecule has 0 radical (unpaired) electrons. The second-order valence-corrected chi connectivity index (χ2v) is 6.77. The van der Waals surface area contributed by atoms with Gasteiger partial charge in [-0.2, -0.15) is 5.10 Å². The van der Waals surface area contributed by atoms with E-state index in [4.69, 9.17) is 9.47 Å². The largest absolute Gasteiger partial charge is 0.490 e. The Kier molecular flexibility index (Phi) is 8.10. The fourth-order valence-electron chi connectivity index (χ4n) is 2.92. The van der Waals surface area contributed by atoms with Crippen molar-refractivity contribution in [1.82, 2.24) is 10.3 Å². The molecule has 9 nitrogen and oxygen atoms in total. The summed E-state index contributed by atoms with van der Waals surface area (Å²) in [6.07, 6.45) is 3.05. The Morgan fingerprint density at radius 3 is 2.50 bits per heavy atom. The van der Waals surface area contributed by atoms with Crippen LogP contribution in [0.15, 0.2) is 66.3 Å². The fraction of sp³-hybridized carbons (Fsp3) is 0.217. The van der Waals surface area contributed by atoms with Crippen LogP contribution in [0.5, 0.6) is 5.75 Å². The molecular formula is C23H24N4O5. The average Bonchev–Trinajstić information content (AvgIpc) is 2.84. The third-order valence-corrected chi connectivity index (χ3v) is 4.54. The van der Waals surface area contributed by atoms with Gasteiger partial charge in [0.15, 0.2) is 0 Å². The summed E-state index contributed by atoms with van der Waals surface area (Å²) in [4.78, 5) is 38.8. The number of rotatable bonds is 7. The lowest BCUT2D eigenvalue weighted by Gasteiger charge is -2.27. The minimum absolute atomic E-state index is 0.233. The van der Waals surface area contributed by atoms with Crippen LogP contribution in [0.4, 0.5) is 5.69 Å². The van der Waals surface area contributed by atoms with E-state index in [1.165, 1.54) is 6.21 Å². The maximum absolute atomic E-state index is 12.8. The van der Waals surface area contributed by atoms with E-state index in [1.54, 1.807) is 59.5 Å². The van der Waals surface area contributed by atoms with Crippen molar-refractivity contribution in [3.8, 4) is 5.75 Å². The number of para-hydroxylation sites is 1. The molecule has 3 rings (SSSR count). The van der Waals surface area contributed by atoms with Crippen LogP contribution in [-0.2, 0) is 14.3 Å². The molecule has 2 N–H and O–H groups in total. The molecule has 1 saturated heterocycles. The summed E-state index contributed by atoms with van der Waals surface area (Å²) in [6, 6.07) is 13.5. The predicted octanol–water partition coefficient (Wildman–Crippen LogP) is 1.81. The molecule has 1 aliphatic heterocycles. The highest BCUT2D eigenvalue weighted by Crippen LogP contribution is 2.18. The van der Waals surface area contributed by atoms with Crippen molar-refractivity contribution in [3.63, 3.8) is 0 Å². The molecule has 0 unspecified atom stereocenters. The minimum Gasteiger partial charge on any atom is -0.490 e. The van der Waals surface area contributed by atoms with E-state index in [9.17, 15) is 14.4 Å². The molecule has 0 aliphatic carbocycles. The van der Waals surface area contributed by atoms with E-state index in [0.29, 0.717) is 49.8 Å². The number of benzene rings is 2. The summed E-state index contributed by atoms with van der Waals surface area (Å²) in [6.45, 7) is 5.85. The first-order chi connectivity index (χ1) is 15.6. The van der Waals surface area contributed by atoms with Crippen molar-refractivity contribution in [3.05, 3.63) is 72.3 Å². The Morgan fingerprint density at radius 1 is 1.06 bits per heavy atom.